The number of likely N-dealkylation sites (N-methyl/N-ethyl adjacent to an activating group) is 1. The van der Waals surface area contributed by atoms with Crippen LogP contribution in [0.3, 0.4) is 0 Å². The van der Waals surface area contributed by atoms with Crippen molar-refractivity contribution in [2.24, 2.45) is 0 Å². The molecule has 1 unspecified atom stereocenters. The van der Waals surface area contributed by atoms with Crippen molar-refractivity contribution >= 4 is 10.0 Å². The van der Waals surface area contributed by atoms with Crippen LogP contribution in [0.2, 0.25) is 0 Å². The maximum Gasteiger partial charge on any atom is 0.215 e. The summed E-state index contributed by atoms with van der Waals surface area (Å²) in [6.07, 6.45) is 2.10. The summed E-state index contributed by atoms with van der Waals surface area (Å²) in [6.45, 7) is 3.95. The van der Waals surface area contributed by atoms with E-state index in [1.807, 2.05) is 0 Å². The Hall–Kier alpha value is -0.170. The fourth-order valence-corrected chi connectivity index (χ4v) is 4.19. The first-order valence-corrected chi connectivity index (χ1v) is 7.59. The van der Waals surface area contributed by atoms with Crippen molar-refractivity contribution in [2.45, 2.75) is 18.9 Å². The van der Waals surface area contributed by atoms with Crippen LogP contribution < -0.4 is 5.32 Å². The first-order chi connectivity index (χ1) is 7.59. The summed E-state index contributed by atoms with van der Waals surface area (Å²) in [5.41, 5.74) is 0. The third kappa shape index (κ3) is 2.74. The summed E-state index contributed by atoms with van der Waals surface area (Å²) in [5.74, 6) is 0.243. The molecule has 1 atom stereocenters. The molecule has 6 heteroatoms. The van der Waals surface area contributed by atoms with Crippen LogP contribution in [0.25, 0.3) is 0 Å². The van der Waals surface area contributed by atoms with Gasteiger partial charge in [-0.3, -0.25) is 0 Å². The van der Waals surface area contributed by atoms with E-state index in [0.29, 0.717) is 13.1 Å². The summed E-state index contributed by atoms with van der Waals surface area (Å²) in [6, 6.07) is 0.184. The van der Waals surface area contributed by atoms with E-state index in [9.17, 15) is 8.42 Å². The molecule has 0 aromatic rings. The molecular formula is C10H21N3O2S. The SMILES string of the molecule is CN1CCCC(N2CCNCCS2(=O)=O)C1. The predicted octanol–water partition coefficient (Wildman–Crippen LogP) is -0.684. The van der Waals surface area contributed by atoms with E-state index in [-0.39, 0.29) is 11.8 Å². The maximum atomic E-state index is 12.1. The monoisotopic (exact) mass is 247 g/mol. The molecular weight excluding hydrogens is 226 g/mol. The van der Waals surface area contributed by atoms with Crippen molar-refractivity contribution in [3.05, 3.63) is 0 Å². The van der Waals surface area contributed by atoms with E-state index in [1.165, 1.54) is 0 Å². The summed E-state index contributed by atoms with van der Waals surface area (Å²) in [7, 11) is -0.975. The minimum Gasteiger partial charge on any atom is -0.314 e. The third-order valence-electron chi connectivity index (χ3n) is 3.41. The summed E-state index contributed by atoms with van der Waals surface area (Å²) in [4.78, 5) is 2.22. The molecule has 2 heterocycles. The summed E-state index contributed by atoms with van der Waals surface area (Å²) < 4.78 is 25.9. The van der Waals surface area contributed by atoms with Crippen LogP contribution in [0.15, 0.2) is 0 Å². The highest BCUT2D eigenvalue weighted by Gasteiger charge is 2.32. The lowest BCUT2D eigenvalue weighted by molar-refractivity contribution is 0.174. The molecule has 16 heavy (non-hydrogen) atoms. The van der Waals surface area contributed by atoms with Crippen LogP contribution in [0.5, 0.6) is 0 Å². The number of sulfonamides is 1. The van der Waals surface area contributed by atoms with Gasteiger partial charge in [-0.2, -0.15) is 4.31 Å². The van der Waals surface area contributed by atoms with Gasteiger partial charge in [0.2, 0.25) is 10.0 Å². The largest absolute Gasteiger partial charge is 0.314 e. The fourth-order valence-electron chi connectivity index (χ4n) is 2.56. The average Bonchev–Trinajstić information content (AvgIpc) is 2.39. The molecule has 2 aliphatic rings. The number of rotatable bonds is 1. The molecule has 1 N–H and O–H groups in total. The highest BCUT2D eigenvalue weighted by molar-refractivity contribution is 7.89. The normalized spacial score (nSPS) is 33.4. The first kappa shape index (κ1) is 12.3. The molecule has 94 valence electrons. The Bertz CT molecular complexity index is 331. The van der Waals surface area contributed by atoms with Crippen molar-refractivity contribution in [1.82, 2.24) is 14.5 Å². The molecule has 2 saturated heterocycles. The zero-order valence-electron chi connectivity index (χ0n) is 9.85. The molecule has 0 amide bonds. The lowest BCUT2D eigenvalue weighted by atomic mass is 10.1. The number of likely N-dealkylation sites (tertiary alicyclic amines) is 1. The topological polar surface area (TPSA) is 52.6 Å². The second-order valence-electron chi connectivity index (χ2n) is 4.74. The average molecular weight is 247 g/mol. The molecule has 0 saturated carbocycles. The number of hydrogen-bond donors (Lipinski definition) is 1. The van der Waals surface area contributed by atoms with Crippen LogP contribution in [0, 0.1) is 0 Å². The minimum absolute atomic E-state index is 0.184. The van der Waals surface area contributed by atoms with Gasteiger partial charge in [0, 0.05) is 32.2 Å². The van der Waals surface area contributed by atoms with Crippen LogP contribution >= 0.6 is 0 Å². The number of piperidine rings is 1. The molecule has 0 aromatic heterocycles. The van der Waals surface area contributed by atoms with E-state index < -0.39 is 10.0 Å². The zero-order valence-corrected chi connectivity index (χ0v) is 10.7. The quantitative estimate of drug-likeness (QED) is 0.667. The Morgan fingerprint density at radius 3 is 2.81 bits per heavy atom. The summed E-state index contributed by atoms with van der Waals surface area (Å²) >= 11 is 0. The van der Waals surface area contributed by atoms with Gasteiger partial charge in [0.05, 0.1) is 5.75 Å². The van der Waals surface area contributed by atoms with Crippen molar-refractivity contribution < 1.29 is 8.42 Å². The van der Waals surface area contributed by atoms with Gasteiger partial charge in [0.15, 0.2) is 0 Å². The zero-order chi connectivity index (χ0) is 11.6. The molecule has 2 aliphatic heterocycles. The second-order valence-corrected chi connectivity index (χ2v) is 6.78. The summed E-state index contributed by atoms with van der Waals surface area (Å²) in [5, 5.41) is 3.15. The molecule has 0 spiro atoms. The van der Waals surface area contributed by atoms with Crippen LogP contribution in [0.4, 0.5) is 0 Å². The molecule has 2 rings (SSSR count). The van der Waals surface area contributed by atoms with Gasteiger partial charge in [-0.1, -0.05) is 0 Å². The Morgan fingerprint density at radius 2 is 2.06 bits per heavy atom. The third-order valence-corrected chi connectivity index (χ3v) is 5.33. The van der Waals surface area contributed by atoms with Gasteiger partial charge in [0.25, 0.3) is 0 Å². The Balaban J connectivity index is 2.10. The van der Waals surface area contributed by atoms with Gasteiger partial charge in [-0.05, 0) is 26.4 Å². The van der Waals surface area contributed by atoms with Crippen molar-refractivity contribution in [1.29, 1.82) is 0 Å². The lowest BCUT2D eigenvalue weighted by Gasteiger charge is -2.36. The standard InChI is InChI=1S/C10H21N3O2S/c1-12-6-2-3-10(9-12)13-7-4-11-5-8-16(13,14)15/h10-11H,2-9H2,1H3. The van der Waals surface area contributed by atoms with E-state index in [0.717, 1.165) is 32.5 Å². The Morgan fingerprint density at radius 1 is 1.25 bits per heavy atom. The molecule has 0 bridgehead atoms. The lowest BCUT2D eigenvalue weighted by Crippen LogP contribution is -2.50. The van der Waals surface area contributed by atoms with Crippen molar-refractivity contribution in [3.63, 3.8) is 0 Å². The van der Waals surface area contributed by atoms with Crippen LogP contribution in [-0.2, 0) is 10.0 Å². The highest BCUT2D eigenvalue weighted by atomic mass is 32.2. The van der Waals surface area contributed by atoms with E-state index in [4.69, 9.17) is 0 Å². The Labute approximate surface area is 97.8 Å². The molecule has 0 radical (unpaired) electrons. The minimum atomic E-state index is -3.04. The smallest absolute Gasteiger partial charge is 0.215 e. The molecule has 0 aliphatic carbocycles. The highest BCUT2D eigenvalue weighted by Crippen LogP contribution is 2.18. The van der Waals surface area contributed by atoms with Crippen LogP contribution in [0.1, 0.15) is 12.8 Å². The van der Waals surface area contributed by atoms with Gasteiger partial charge in [0.1, 0.15) is 0 Å². The molecule has 0 aromatic carbocycles. The fraction of sp³-hybridized carbons (Fsp3) is 1.00. The number of nitrogens with one attached hydrogen (secondary N) is 1. The Kier molecular flexibility index (Phi) is 3.84. The van der Waals surface area contributed by atoms with E-state index in [1.54, 1.807) is 4.31 Å². The van der Waals surface area contributed by atoms with Gasteiger partial charge in [-0.25, -0.2) is 8.42 Å². The van der Waals surface area contributed by atoms with E-state index >= 15 is 0 Å². The van der Waals surface area contributed by atoms with Gasteiger partial charge >= 0.3 is 0 Å². The van der Waals surface area contributed by atoms with Crippen LogP contribution in [-0.4, -0.2) is 69.2 Å². The molecule has 5 nitrogen and oxygen atoms in total. The van der Waals surface area contributed by atoms with Crippen molar-refractivity contribution in [3.8, 4) is 0 Å². The second kappa shape index (κ2) is 5.00. The van der Waals surface area contributed by atoms with Gasteiger partial charge in [-0.15, -0.1) is 0 Å². The maximum absolute atomic E-state index is 12.1. The van der Waals surface area contributed by atoms with Crippen molar-refractivity contribution in [2.75, 3.05) is 45.5 Å². The van der Waals surface area contributed by atoms with Gasteiger partial charge < -0.3 is 10.2 Å². The molecule has 2 fully saturated rings. The predicted molar refractivity (Wildman–Crippen MR) is 63.9 cm³/mol. The number of hydrogen-bond acceptors (Lipinski definition) is 4. The number of nitrogens with zero attached hydrogens (tertiary/aromatic N) is 2. The van der Waals surface area contributed by atoms with E-state index in [2.05, 4.69) is 17.3 Å². The first-order valence-electron chi connectivity index (χ1n) is 5.98.